The standard InChI is InChI=1S/C33H42ClNO5/c1-38-31(22-5-3-7-26(36)16-22)27-11-8-24(27)18-35-19-33(14-4-6-21-15-25(34)10-12-28(21)33)20-40-30-13-9-23(17-29(30)35)32(37)39-2/h9-10,12-13,15,17,22,24,26-27,31,36H,3-8,11,14,16,18-20H2,1-2H3/t22-,24+,26+,27-,31?,33+/m1/s1. The van der Waals surface area contributed by atoms with E-state index < -0.39 is 0 Å². The Labute approximate surface area is 242 Å². The summed E-state index contributed by atoms with van der Waals surface area (Å²) in [5.41, 5.74) is 4.01. The second kappa shape index (κ2) is 11.5. The van der Waals surface area contributed by atoms with Gasteiger partial charge in [-0.15, -0.1) is 0 Å². The second-order valence-electron chi connectivity index (χ2n) is 12.6. The lowest BCUT2D eigenvalue weighted by molar-refractivity contribution is -0.0721. The zero-order valence-electron chi connectivity index (χ0n) is 23.7. The van der Waals surface area contributed by atoms with Crippen molar-refractivity contribution in [2.45, 2.75) is 75.4 Å². The largest absolute Gasteiger partial charge is 0.490 e. The fourth-order valence-electron chi connectivity index (χ4n) is 8.11. The van der Waals surface area contributed by atoms with Crippen molar-refractivity contribution < 1.29 is 24.1 Å². The maximum Gasteiger partial charge on any atom is 0.337 e. The van der Waals surface area contributed by atoms with Crippen LogP contribution >= 0.6 is 11.6 Å². The predicted octanol–water partition coefficient (Wildman–Crippen LogP) is 6.19. The van der Waals surface area contributed by atoms with Crippen molar-refractivity contribution in [3.05, 3.63) is 58.1 Å². The number of methoxy groups -OCH3 is 2. The molecule has 2 fully saturated rings. The highest BCUT2D eigenvalue weighted by atomic mass is 35.5. The van der Waals surface area contributed by atoms with Crippen LogP contribution < -0.4 is 9.64 Å². The molecule has 0 radical (unpaired) electrons. The first-order valence-electron chi connectivity index (χ1n) is 15.0. The average molecular weight is 568 g/mol. The van der Waals surface area contributed by atoms with Gasteiger partial charge in [-0.2, -0.15) is 0 Å². The van der Waals surface area contributed by atoms with Crippen molar-refractivity contribution in [1.82, 2.24) is 0 Å². The maximum absolute atomic E-state index is 12.5. The molecule has 1 aliphatic heterocycles. The zero-order valence-corrected chi connectivity index (χ0v) is 24.5. The normalized spacial score (nSPS) is 30.4. The van der Waals surface area contributed by atoms with Crippen molar-refractivity contribution in [2.24, 2.45) is 17.8 Å². The number of aliphatic hydroxyl groups excluding tert-OH is 1. The number of carbonyl (C=O) groups excluding carboxylic acids is 1. The van der Waals surface area contributed by atoms with Crippen molar-refractivity contribution in [3.8, 4) is 5.75 Å². The van der Waals surface area contributed by atoms with Crippen LogP contribution in [-0.2, 0) is 21.3 Å². The van der Waals surface area contributed by atoms with E-state index in [1.165, 1.54) is 18.2 Å². The topological polar surface area (TPSA) is 68.2 Å². The molecule has 0 saturated heterocycles. The lowest BCUT2D eigenvalue weighted by atomic mass is 9.65. The number of aliphatic hydroxyl groups is 1. The minimum absolute atomic E-state index is 0.157. The van der Waals surface area contributed by atoms with E-state index in [0.717, 1.165) is 87.3 Å². The molecule has 40 heavy (non-hydrogen) atoms. The zero-order chi connectivity index (χ0) is 27.9. The van der Waals surface area contributed by atoms with Crippen LogP contribution in [0.3, 0.4) is 0 Å². The summed E-state index contributed by atoms with van der Waals surface area (Å²) < 4.78 is 17.8. The summed E-state index contributed by atoms with van der Waals surface area (Å²) in [6, 6.07) is 12.0. The summed E-state index contributed by atoms with van der Waals surface area (Å²) >= 11 is 6.41. The first-order chi connectivity index (χ1) is 19.4. The van der Waals surface area contributed by atoms with Crippen LogP contribution in [0.15, 0.2) is 36.4 Å². The van der Waals surface area contributed by atoms with Crippen molar-refractivity contribution >= 4 is 23.3 Å². The molecular formula is C33H42ClNO5. The SMILES string of the molecule is COC(=O)c1ccc2c(c1)N(C[C@@H]1CC[C@H]1C(OC)[C@@H]1CCC[C@H](O)C1)C[C@@]1(CCCc3cc(Cl)ccc31)CO2. The number of esters is 1. The summed E-state index contributed by atoms with van der Waals surface area (Å²) in [6.45, 7) is 2.30. The van der Waals surface area contributed by atoms with Crippen LogP contribution in [0.25, 0.3) is 0 Å². The molecule has 0 bridgehead atoms. The Balaban J connectivity index is 1.33. The third-order valence-corrected chi connectivity index (χ3v) is 10.5. The Hall–Kier alpha value is -2.28. The number of carbonyl (C=O) groups is 1. The third-order valence-electron chi connectivity index (χ3n) is 10.2. The van der Waals surface area contributed by atoms with Gasteiger partial charge in [0.25, 0.3) is 0 Å². The Morgan fingerprint density at radius 3 is 2.77 bits per heavy atom. The molecule has 6 rings (SSSR count). The van der Waals surface area contributed by atoms with Gasteiger partial charge in [0, 0.05) is 30.6 Å². The maximum atomic E-state index is 12.5. The first-order valence-corrected chi connectivity index (χ1v) is 15.4. The van der Waals surface area contributed by atoms with Crippen LogP contribution in [0.2, 0.25) is 5.02 Å². The number of benzene rings is 2. The van der Waals surface area contributed by atoms with Crippen LogP contribution in [-0.4, -0.2) is 57.2 Å². The van der Waals surface area contributed by atoms with Crippen molar-refractivity contribution in [2.75, 3.05) is 38.8 Å². The molecule has 7 heteroatoms. The van der Waals surface area contributed by atoms with Crippen LogP contribution in [0.4, 0.5) is 5.69 Å². The lowest BCUT2D eigenvalue weighted by Gasteiger charge is -2.48. The number of hydrogen-bond donors (Lipinski definition) is 1. The van der Waals surface area contributed by atoms with E-state index in [2.05, 4.69) is 17.0 Å². The number of hydrogen-bond acceptors (Lipinski definition) is 6. The van der Waals surface area contributed by atoms with Gasteiger partial charge in [-0.05, 0) is 111 Å². The van der Waals surface area contributed by atoms with Gasteiger partial charge in [0.15, 0.2) is 0 Å². The van der Waals surface area contributed by atoms with Crippen LogP contribution in [0.5, 0.6) is 5.75 Å². The number of ether oxygens (including phenoxy) is 3. The quantitative estimate of drug-likeness (QED) is 0.420. The van der Waals surface area contributed by atoms with E-state index in [4.69, 9.17) is 25.8 Å². The number of rotatable bonds is 6. The first kappa shape index (κ1) is 27.9. The van der Waals surface area contributed by atoms with Crippen molar-refractivity contribution in [3.63, 3.8) is 0 Å². The van der Waals surface area contributed by atoms with Crippen LogP contribution in [0, 0.1) is 17.8 Å². The molecule has 216 valence electrons. The molecule has 2 saturated carbocycles. The van der Waals surface area contributed by atoms with Crippen molar-refractivity contribution in [1.29, 1.82) is 0 Å². The molecule has 6 nitrogen and oxygen atoms in total. The molecule has 2 aromatic carbocycles. The Morgan fingerprint density at radius 2 is 2.02 bits per heavy atom. The van der Waals surface area contributed by atoms with Gasteiger partial charge >= 0.3 is 5.97 Å². The molecule has 1 N–H and O–H groups in total. The van der Waals surface area contributed by atoms with Gasteiger partial charge in [0.2, 0.25) is 0 Å². The number of aryl methyl sites for hydroxylation is 1. The Kier molecular flexibility index (Phi) is 8.04. The number of fused-ring (bicyclic) bond motifs is 3. The smallest absolute Gasteiger partial charge is 0.337 e. The minimum atomic E-state index is -0.337. The van der Waals surface area contributed by atoms with Crippen LogP contribution in [0.1, 0.15) is 72.9 Å². The number of nitrogens with zero attached hydrogens (tertiary/aromatic N) is 1. The Bertz CT molecular complexity index is 1240. The van der Waals surface area contributed by atoms with Gasteiger partial charge in [0.1, 0.15) is 5.75 Å². The van der Waals surface area contributed by atoms with Gasteiger partial charge in [0.05, 0.1) is 37.2 Å². The molecule has 1 unspecified atom stereocenters. The summed E-state index contributed by atoms with van der Waals surface area (Å²) in [5, 5.41) is 11.2. The van der Waals surface area contributed by atoms with Gasteiger partial charge < -0.3 is 24.2 Å². The summed E-state index contributed by atoms with van der Waals surface area (Å²) in [5.74, 6) is 1.83. The molecule has 1 heterocycles. The average Bonchev–Trinajstić information content (AvgIpc) is 3.10. The molecule has 0 aromatic heterocycles. The van der Waals surface area contributed by atoms with E-state index in [1.807, 2.05) is 25.3 Å². The number of halogens is 1. The lowest BCUT2D eigenvalue weighted by Crippen LogP contribution is -2.51. The fourth-order valence-corrected chi connectivity index (χ4v) is 8.31. The highest BCUT2D eigenvalue weighted by Crippen LogP contribution is 2.48. The van der Waals surface area contributed by atoms with Gasteiger partial charge in [-0.25, -0.2) is 4.79 Å². The monoisotopic (exact) mass is 567 g/mol. The highest BCUT2D eigenvalue weighted by Gasteiger charge is 2.46. The molecule has 4 aliphatic rings. The fraction of sp³-hybridized carbons (Fsp3) is 0.606. The molecular weight excluding hydrogens is 526 g/mol. The predicted molar refractivity (Wildman–Crippen MR) is 157 cm³/mol. The Morgan fingerprint density at radius 1 is 1.15 bits per heavy atom. The van der Waals surface area contributed by atoms with E-state index in [0.29, 0.717) is 29.9 Å². The summed E-state index contributed by atoms with van der Waals surface area (Å²) in [4.78, 5) is 15.0. The van der Waals surface area contributed by atoms with E-state index in [1.54, 1.807) is 6.07 Å². The third kappa shape index (κ3) is 5.23. The van der Waals surface area contributed by atoms with Gasteiger partial charge in [-0.3, -0.25) is 0 Å². The molecule has 3 aliphatic carbocycles. The second-order valence-corrected chi connectivity index (χ2v) is 13.0. The summed E-state index contributed by atoms with van der Waals surface area (Å²) in [7, 11) is 3.27. The molecule has 6 atom stereocenters. The minimum Gasteiger partial charge on any atom is -0.490 e. The van der Waals surface area contributed by atoms with E-state index in [9.17, 15) is 9.90 Å². The number of anilines is 1. The molecule has 2 aromatic rings. The highest BCUT2D eigenvalue weighted by molar-refractivity contribution is 6.30. The van der Waals surface area contributed by atoms with E-state index >= 15 is 0 Å². The van der Waals surface area contributed by atoms with E-state index in [-0.39, 0.29) is 23.6 Å². The summed E-state index contributed by atoms with van der Waals surface area (Å²) in [6.07, 6.45) is 9.39. The van der Waals surface area contributed by atoms with Gasteiger partial charge in [-0.1, -0.05) is 24.1 Å². The molecule has 0 amide bonds. The molecule has 1 spiro atoms.